The molecule has 1 unspecified atom stereocenters. The highest BCUT2D eigenvalue weighted by molar-refractivity contribution is 5.72. The van der Waals surface area contributed by atoms with Gasteiger partial charge in [0.15, 0.2) is 0 Å². The van der Waals surface area contributed by atoms with Gasteiger partial charge >= 0.3 is 5.97 Å². The van der Waals surface area contributed by atoms with E-state index in [4.69, 9.17) is 0 Å². The summed E-state index contributed by atoms with van der Waals surface area (Å²) < 4.78 is 2.00. The van der Waals surface area contributed by atoms with Crippen molar-refractivity contribution in [3.63, 3.8) is 0 Å². The smallest absolute Gasteiger partial charge is 0.326 e. The normalized spacial score (nSPS) is 24.8. The first kappa shape index (κ1) is 11.7. The van der Waals surface area contributed by atoms with E-state index in [0.29, 0.717) is 5.92 Å². The van der Waals surface area contributed by atoms with Gasteiger partial charge in [-0.1, -0.05) is 0 Å². The lowest BCUT2D eigenvalue weighted by molar-refractivity contribution is -0.141. The second-order valence-corrected chi connectivity index (χ2v) is 5.25. The second-order valence-electron chi connectivity index (χ2n) is 5.25. The number of carbonyl (C=O) groups is 1. The van der Waals surface area contributed by atoms with Crippen LogP contribution in [0.2, 0.25) is 0 Å². The Hall–Kier alpha value is -1.36. The summed E-state index contributed by atoms with van der Waals surface area (Å²) in [5.41, 5.74) is 1.10. The van der Waals surface area contributed by atoms with E-state index in [1.165, 1.54) is 0 Å². The van der Waals surface area contributed by atoms with Gasteiger partial charge in [0.2, 0.25) is 0 Å². The molecule has 1 aromatic rings. The molecule has 0 amide bonds. The summed E-state index contributed by atoms with van der Waals surface area (Å²) in [7, 11) is 0. The van der Waals surface area contributed by atoms with Crippen LogP contribution in [0.3, 0.4) is 0 Å². The Morgan fingerprint density at radius 3 is 2.89 bits per heavy atom. The number of hydrogen-bond donors (Lipinski definition) is 2. The SMILES string of the molecule is O=C(O)C1CCCc2cnc(C3CCNCC3)n21. The lowest BCUT2D eigenvalue weighted by Gasteiger charge is -2.28. The molecule has 2 aliphatic heterocycles. The maximum Gasteiger partial charge on any atom is 0.326 e. The monoisotopic (exact) mass is 249 g/mol. The number of nitrogens with one attached hydrogen (secondary N) is 1. The Bertz CT molecular complexity index is 449. The molecule has 1 aromatic heterocycles. The second kappa shape index (κ2) is 4.72. The third kappa shape index (κ3) is 1.92. The molecule has 0 spiro atoms. The molecule has 0 aromatic carbocycles. The minimum atomic E-state index is -0.718. The Labute approximate surface area is 106 Å². The van der Waals surface area contributed by atoms with Crippen LogP contribution >= 0.6 is 0 Å². The third-order valence-corrected chi connectivity index (χ3v) is 4.11. The molecule has 1 atom stereocenters. The summed E-state index contributed by atoms with van der Waals surface area (Å²) in [5, 5.41) is 12.7. The van der Waals surface area contributed by atoms with Crippen molar-refractivity contribution in [2.75, 3.05) is 13.1 Å². The fourth-order valence-corrected chi connectivity index (χ4v) is 3.18. The molecule has 1 saturated heterocycles. The molecule has 5 heteroatoms. The molecule has 0 aliphatic carbocycles. The van der Waals surface area contributed by atoms with Crippen LogP contribution in [0.5, 0.6) is 0 Å². The van der Waals surface area contributed by atoms with Crippen molar-refractivity contribution in [1.82, 2.24) is 14.9 Å². The van der Waals surface area contributed by atoms with E-state index in [1.54, 1.807) is 0 Å². The van der Waals surface area contributed by atoms with Crippen LogP contribution in [-0.2, 0) is 11.2 Å². The zero-order chi connectivity index (χ0) is 12.5. The predicted molar refractivity (Wildman–Crippen MR) is 66.7 cm³/mol. The zero-order valence-corrected chi connectivity index (χ0v) is 10.4. The van der Waals surface area contributed by atoms with E-state index in [1.807, 2.05) is 10.8 Å². The van der Waals surface area contributed by atoms with Gasteiger partial charge in [0.25, 0.3) is 0 Å². The van der Waals surface area contributed by atoms with Crippen LogP contribution in [0.15, 0.2) is 6.20 Å². The number of aryl methyl sites for hydroxylation is 1. The summed E-state index contributed by atoms with van der Waals surface area (Å²) in [6, 6.07) is -0.402. The maximum atomic E-state index is 11.4. The minimum absolute atomic E-state index is 0.402. The van der Waals surface area contributed by atoms with Gasteiger partial charge in [-0.25, -0.2) is 9.78 Å². The van der Waals surface area contributed by atoms with Crippen molar-refractivity contribution in [2.45, 2.75) is 44.1 Å². The van der Waals surface area contributed by atoms with E-state index < -0.39 is 12.0 Å². The molecule has 0 bridgehead atoms. The molecule has 3 rings (SSSR count). The largest absolute Gasteiger partial charge is 0.480 e. The van der Waals surface area contributed by atoms with Crippen LogP contribution < -0.4 is 5.32 Å². The third-order valence-electron chi connectivity index (χ3n) is 4.11. The highest BCUT2D eigenvalue weighted by Crippen LogP contribution is 2.32. The Kier molecular flexibility index (Phi) is 3.07. The average Bonchev–Trinajstić information content (AvgIpc) is 2.83. The Morgan fingerprint density at radius 2 is 2.17 bits per heavy atom. The van der Waals surface area contributed by atoms with Crippen LogP contribution in [0.25, 0.3) is 0 Å². The van der Waals surface area contributed by atoms with E-state index in [2.05, 4.69) is 10.3 Å². The van der Waals surface area contributed by atoms with Crippen LogP contribution in [0, 0.1) is 0 Å². The fraction of sp³-hybridized carbons (Fsp3) is 0.692. The summed E-state index contributed by atoms with van der Waals surface area (Å²) in [4.78, 5) is 15.9. The molecule has 98 valence electrons. The van der Waals surface area contributed by atoms with Crippen molar-refractivity contribution in [3.05, 3.63) is 17.7 Å². The number of aromatic nitrogens is 2. The van der Waals surface area contributed by atoms with Gasteiger partial charge in [-0.2, -0.15) is 0 Å². The minimum Gasteiger partial charge on any atom is -0.480 e. The molecule has 3 heterocycles. The van der Waals surface area contributed by atoms with E-state index >= 15 is 0 Å². The topological polar surface area (TPSA) is 67.2 Å². The van der Waals surface area contributed by atoms with Crippen molar-refractivity contribution in [2.24, 2.45) is 0 Å². The molecule has 2 aliphatic rings. The first-order valence-corrected chi connectivity index (χ1v) is 6.77. The molecule has 0 radical (unpaired) electrons. The van der Waals surface area contributed by atoms with Gasteiger partial charge in [0.1, 0.15) is 11.9 Å². The molecular weight excluding hydrogens is 230 g/mol. The fourth-order valence-electron chi connectivity index (χ4n) is 3.18. The van der Waals surface area contributed by atoms with E-state index in [-0.39, 0.29) is 0 Å². The van der Waals surface area contributed by atoms with Crippen molar-refractivity contribution in [1.29, 1.82) is 0 Å². The number of carboxylic acids is 1. The average molecular weight is 249 g/mol. The number of aliphatic carboxylic acids is 1. The lowest BCUT2D eigenvalue weighted by Crippen LogP contribution is -2.31. The number of piperidine rings is 1. The van der Waals surface area contributed by atoms with E-state index in [9.17, 15) is 9.90 Å². The predicted octanol–water partition coefficient (Wildman–Crippen LogP) is 1.31. The molecule has 18 heavy (non-hydrogen) atoms. The van der Waals surface area contributed by atoms with Crippen LogP contribution in [0.1, 0.15) is 49.2 Å². The maximum absolute atomic E-state index is 11.4. The number of imidazole rings is 1. The van der Waals surface area contributed by atoms with Crippen molar-refractivity contribution >= 4 is 5.97 Å². The van der Waals surface area contributed by atoms with Crippen molar-refractivity contribution in [3.8, 4) is 0 Å². The van der Waals surface area contributed by atoms with Crippen LogP contribution in [0.4, 0.5) is 0 Å². The van der Waals surface area contributed by atoms with Gasteiger partial charge in [-0.05, 0) is 45.2 Å². The van der Waals surface area contributed by atoms with Crippen LogP contribution in [-0.4, -0.2) is 33.7 Å². The van der Waals surface area contributed by atoms with Crippen molar-refractivity contribution < 1.29 is 9.90 Å². The number of nitrogens with zero attached hydrogens (tertiary/aromatic N) is 2. The number of fused-ring (bicyclic) bond motifs is 1. The summed E-state index contributed by atoms with van der Waals surface area (Å²) >= 11 is 0. The lowest BCUT2D eigenvalue weighted by atomic mass is 9.95. The summed E-state index contributed by atoms with van der Waals surface area (Å²) in [6.45, 7) is 2.01. The standard InChI is InChI=1S/C13H19N3O2/c17-13(18)11-3-1-2-10-8-15-12(16(10)11)9-4-6-14-7-5-9/h8-9,11,14H,1-7H2,(H,17,18). The number of carboxylic acid groups (broad SMARTS) is 1. The van der Waals surface area contributed by atoms with Gasteiger partial charge in [0.05, 0.1) is 0 Å². The molecule has 5 nitrogen and oxygen atoms in total. The van der Waals surface area contributed by atoms with Gasteiger partial charge in [-0.15, -0.1) is 0 Å². The zero-order valence-electron chi connectivity index (χ0n) is 10.4. The highest BCUT2D eigenvalue weighted by Gasteiger charge is 2.31. The van der Waals surface area contributed by atoms with E-state index in [0.717, 1.165) is 56.7 Å². The highest BCUT2D eigenvalue weighted by atomic mass is 16.4. The Balaban J connectivity index is 1.96. The summed E-state index contributed by atoms with van der Waals surface area (Å²) in [5.74, 6) is 0.697. The molecule has 0 saturated carbocycles. The molecule has 2 N–H and O–H groups in total. The number of hydrogen-bond acceptors (Lipinski definition) is 3. The van der Waals surface area contributed by atoms with Gasteiger partial charge in [-0.3, -0.25) is 0 Å². The first-order valence-electron chi connectivity index (χ1n) is 6.77. The van der Waals surface area contributed by atoms with Gasteiger partial charge in [0, 0.05) is 17.8 Å². The summed E-state index contributed by atoms with van der Waals surface area (Å²) in [6.07, 6.45) is 6.64. The molecular formula is C13H19N3O2. The van der Waals surface area contributed by atoms with Gasteiger partial charge < -0.3 is 15.0 Å². The molecule has 1 fully saturated rings. The number of rotatable bonds is 2. The first-order chi connectivity index (χ1) is 8.77. The Morgan fingerprint density at radius 1 is 1.39 bits per heavy atom. The quantitative estimate of drug-likeness (QED) is 0.829.